The SMILES string of the molecule is COc1ccc2nc(NC(=O)C(C)Sc3nc(CC(C)C)ccc3C#N)sc2c1. The molecular formula is C21H22N4O2S2. The molecular weight excluding hydrogens is 404 g/mol. The average molecular weight is 427 g/mol. The molecule has 1 amide bonds. The summed E-state index contributed by atoms with van der Waals surface area (Å²) < 4.78 is 6.17. The van der Waals surface area contributed by atoms with Crippen molar-refractivity contribution < 1.29 is 9.53 Å². The van der Waals surface area contributed by atoms with Crippen molar-refractivity contribution in [3.63, 3.8) is 0 Å². The second kappa shape index (κ2) is 9.25. The van der Waals surface area contributed by atoms with Crippen LogP contribution in [0.1, 0.15) is 32.0 Å². The fraction of sp³-hybridized carbons (Fsp3) is 0.333. The second-order valence-electron chi connectivity index (χ2n) is 6.97. The normalized spacial score (nSPS) is 12.0. The number of nitriles is 1. The fourth-order valence-corrected chi connectivity index (χ4v) is 4.51. The number of pyridine rings is 1. The molecule has 2 heterocycles. The summed E-state index contributed by atoms with van der Waals surface area (Å²) in [5.74, 6) is 1.03. The first kappa shape index (κ1) is 21.1. The van der Waals surface area contributed by atoms with Crippen molar-refractivity contribution in [3.8, 4) is 11.8 Å². The first-order valence-electron chi connectivity index (χ1n) is 9.21. The zero-order valence-electron chi connectivity index (χ0n) is 16.7. The van der Waals surface area contributed by atoms with Gasteiger partial charge in [-0.15, -0.1) is 0 Å². The second-order valence-corrected chi connectivity index (χ2v) is 9.33. The van der Waals surface area contributed by atoms with Gasteiger partial charge in [0.1, 0.15) is 16.8 Å². The van der Waals surface area contributed by atoms with E-state index in [-0.39, 0.29) is 5.91 Å². The molecule has 0 aliphatic carbocycles. The minimum Gasteiger partial charge on any atom is -0.497 e. The lowest BCUT2D eigenvalue weighted by Gasteiger charge is -2.12. The highest BCUT2D eigenvalue weighted by atomic mass is 32.2. The number of rotatable bonds is 7. The summed E-state index contributed by atoms with van der Waals surface area (Å²) in [7, 11) is 1.61. The zero-order chi connectivity index (χ0) is 21.0. The van der Waals surface area contributed by atoms with E-state index in [9.17, 15) is 10.1 Å². The number of hydrogen-bond acceptors (Lipinski definition) is 7. The van der Waals surface area contributed by atoms with E-state index in [2.05, 4.69) is 35.2 Å². The minimum atomic E-state index is -0.426. The first-order chi connectivity index (χ1) is 13.9. The third-order valence-electron chi connectivity index (χ3n) is 4.14. The minimum absolute atomic E-state index is 0.180. The van der Waals surface area contributed by atoms with Gasteiger partial charge in [-0.25, -0.2) is 9.97 Å². The van der Waals surface area contributed by atoms with Crippen LogP contribution in [0, 0.1) is 17.2 Å². The number of nitrogens with zero attached hydrogens (tertiary/aromatic N) is 3. The molecule has 6 nitrogen and oxygen atoms in total. The number of methoxy groups -OCH3 is 1. The molecule has 1 aromatic carbocycles. The number of fused-ring (bicyclic) bond motifs is 1. The molecule has 1 atom stereocenters. The maximum Gasteiger partial charge on any atom is 0.239 e. The Morgan fingerprint density at radius 2 is 2.07 bits per heavy atom. The Labute approximate surface area is 178 Å². The van der Waals surface area contributed by atoms with E-state index in [1.54, 1.807) is 20.1 Å². The van der Waals surface area contributed by atoms with Crippen LogP contribution in [-0.2, 0) is 11.2 Å². The Balaban J connectivity index is 1.73. The van der Waals surface area contributed by atoms with Crippen LogP contribution in [0.3, 0.4) is 0 Å². The van der Waals surface area contributed by atoms with Crippen LogP contribution in [-0.4, -0.2) is 28.2 Å². The number of anilines is 1. The predicted octanol–water partition coefficient (Wildman–Crippen LogP) is 4.89. The zero-order valence-corrected chi connectivity index (χ0v) is 18.4. The summed E-state index contributed by atoms with van der Waals surface area (Å²) in [5, 5.41) is 12.9. The lowest BCUT2D eigenvalue weighted by Crippen LogP contribution is -2.22. The molecule has 3 aromatic rings. The number of carbonyl (C=O) groups is 1. The Bertz CT molecular complexity index is 1070. The van der Waals surface area contributed by atoms with Gasteiger partial charge in [0.2, 0.25) is 5.91 Å². The standard InChI is InChI=1S/C21H22N4O2S2/c1-12(2)9-15-6-5-14(11-22)20(23-15)28-13(3)19(26)25-21-24-17-8-7-16(27-4)10-18(17)29-21/h5-8,10,12-13H,9H2,1-4H3,(H,24,25,26). The van der Waals surface area contributed by atoms with E-state index in [0.29, 0.717) is 21.6 Å². The van der Waals surface area contributed by atoms with Crippen LogP contribution in [0.4, 0.5) is 5.13 Å². The molecule has 0 fully saturated rings. The fourth-order valence-electron chi connectivity index (χ4n) is 2.70. The van der Waals surface area contributed by atoms with Crippen LogP contribution < -0.4 is 10.1 Å². The van der Waals surface area contributed by atoms with Crippen molar-refractivity contribution in [2.24, 2.45) is 5.92 Å². The lowest BCUT2D eigenvalue weighted by atomic mass is 10.1. The molecule has 1 N–H and O–H groups in total. The monoisotopic (exact) mass is 426 g/mol. The Hall–Kier alpha value is -2.63. The molecule has 0 saturated carbocycles. The summed E-state index contributed by atoms with van der Waals surface area (Å²) in [4.78, 5) is 21.7. The van der Waals surface area contributed by atoms with Gasteiger partial charge in [0, 0.05) is 5.69 Å². The van der Waals surface area contributed by atoms with Gasteiger partial charge in [-0.1, -0.05) is 36.9 Å². The lowest BCUT2D eigenvalue weighted by molar-refractivity contribution is -0.115. The van der Waals surface area contributed by atoms with Crippen LogP contribution in [0.25, 0.3) is 10.2 Å². The molecule has 0 aliphatic rings. The van der Waals surface area contributed by atoms with Crippen molar-refractivity contribution in [3.05, 3.63) is 41.6 Å². The third-order valence-corrected chi connectivity index (χ3v) is 6.17. The quantitative estimate of drug-likeness (QED) is 0.541. The van der Waals surface area contributed by atoms with Crippen molar-refractivity contribution in [2.75, 3.05) is 12.4 Å². The molecule has 3 rings (SSSR count). The van der Waals surface area contributed by atoms with Gasteiger partial charge in [0.15, 0.2) is 5.13 Å². The van der Waals surface area contributed by atoms with Gasteiger partial charge in [-0.05, 0) is 49.6 Å². The van der Waals surface area contributed by atoms with E-state index in [4.69, 9.17) is 4.74 Å². The van der Waals surface area contributed by atoms with Crippen molar-refractivity contribution >= 4 is 44.4 Å². The van der Waals surface area contributed by atoms with Crippen LogP contribution in [0.2, 0.25) is 0 Å². The van der Waals surface area contributed by atoms with E-state index in [1.165, 1.54) is 23.1 Å². The molecule has 2 aromatic heterocycles. The number of ether oxygens (including phenoxy) is 1. The Morgan fingerprint density at radius 1 is 1.28 bits per heavy atom. The van der Waals surface area contributed by atoms with Crippen LogP contribution in [0.15, 0.2) is 35.4 Å². The number of carbonyl (C=O) groups excluding carboxylic acids is 1. The van der Waals surface area contributed by atoms with Crippen molar-refractivity contribution in [2.45, 2.75) is 37.5 Å². The number of thiazole rings is 1. The summed E-state index contributed by atoms with van der Waals surface area (Å²) >= 11 is 2.68. The van der Waals surface area contributed by atoms with Gasteiger partial charge in [0.25, 0.3) is 0 Å². The van der Waals surface area contributed by atoms with Crippen molar-refractivity contribution in [1.82, 2.24) is 9.97 Å². The van der Waals surface area contributed by atoms with Crippen LogP contribution in [0.5, 0.6) is 5.75 Å². The van der Waals surface area contributed by atoms with Crippen LogP contribution >= 0.6 is 23.1 Å². The Kier molecular flexibility index (Phi) is 6.72. The maximum atomic E-state index is 12.7. The molecule has 0 bridgehead atoms. The van der Waals surface area contributed by atoms with Gasteiger partial charge in [0.05, 0.1) is 28.1 Å². The van der Waals surface area contributed by atoms with Gasteiger partial charge >= 0.3 is 0 Å². The molecule has 0 saturated heterocycles. The summed E-state index contributed by atoms with van der Waals surface area (Å²) in [6.45, 7) is 6.04. The van der Waals surface area contributed by atoms with Gasteiger partial charge in [-0.3, -0.25) is 4.79 Å². The highest BCUT2D eigenvalue weighted by Gasteiger charge is 2.19. The number of aromatic nitrogens is 2. The number of amides is 1. The smallest absolute Gasteiger partial charge is 0.239 e. The van der Waals surface area contributed by atoms with Crippen molar-refractivity contribution in [1.29, 1.82) is 5.26 Å². The summed E-state index contributed by atoms with van der Waals surface area (Å²) in [6, 6.07) is 11.4. The molecule has 0 aliphatic heterocycles. The summed E-state index contributed by atoms with van der Waals surface area (Å²) in [5.41, 5.74) is 2.21. The third kappa shape index (κ3) is 5.25. The predicted molar refractivity (Wildman–Crippen MR) is 118 cm³/mol. The Morgan fingerprint density at radius 3 is 2.76 bits per heavy atom. The molecule has 150 valence electrons. The van der Waals surface area contributed by atoms with E-state index in [1.807, 2.05) is 24.3 Å². The highest BCUT2D eigenvalue weighted by Crippen LogP contribution is 2.31. The maximum absolute atomic E-state index is 12.7. The molecule has 1 unspecified atom stereocenters. The van der Waals surface area contributed by atoms with E-state index >= 15 is 0 Å². The van der Waals surface area contributed by atoms with E-state index in [0.717, 1.165) is 28.1 Å². The molecule has 0 radical (unpaired) electrons. The highest BCUT2D eigenvalue weighted by molar-refractivity contribution is 8.00. The number of benzene rings is 1. The number of hydrogen-bond donors (Lipinski definition) is 1. The summed E-state index contributed by atoms with van der Waals surface area (Å²) in [6.07, 6.45) is 0.828. The molecule has 29 heavy (non-hydrogen) atoms. The van der Waals surface area contributed by atoms with Gasteiger partial charge in [-0.2, -0.15) is 5.26 Å². The topological polar surface area (TPSA) is 87.9 Å². The molecule has 0 spiro atoms. The molecule has 8 heteroatoms. The largest absolute Gasteiger partial charge is 0.497 e. The average Bonchev–Trinajstić information content (AvgIpc) is 3.08. The number of thioether (sulfide) groups is 1. The first-order valence-corrected chi connectivity index (χ1v) is 10.9. The van der Waals surface area contributed by atoms with E-state index < -0.39 is 5.25 Å². The number of nitrogens with one attached hydrogen (secondary N) is 1. The van der Waals surface area contributed by atoms with Gasteiger partial charge < -0.3 is 10.1 Å².